The summed E-state index contributed by atoms with van der Waals surface area (Å²) in [6.45, 7) is 4.33. The van der Waals surface area contributed by atoms with E-state index in [0.717, 1.165) is 6.07 Å². The van der Waals surface area contributed by atoms with Gasteiger partial charge < -0.3 is 9.84 Å². The molecule has 1 aromatic carbocycles. The summed E-state index contributed by atoms with van der Waals surface area (Å²) < 4.78 is 32.6. The van der Waals surface area contributed by atoms with E-state index in [1.165, 1.54) is 12.1 Å². The molecule has 1 N–H and O–H groups in total. The number of aliphatic hydroxyl groups is 1. The van der Waals surface area contributed by atoms with E-state index in [-0.39, 0.29) is 24.0 Å². The Labute approximate surface area is 106 Å². The first-order valence-electron chi connectivity index (χ1n) is 6.22. The highest BCUT2D eigenvalue weighted by atomic mass is 19.2. The van der Waals surface area contributed by atoms with Crippen LogP contribution >= 0.6 is 0 Å². The summed E-state index contributed by atoms with van der Waals surface area (Å²) in [5.41, 5.74) is -1.30. The topological polar surface area (TPSA) is 29.5 Å². The Hall–Kier alpha value is -1.00. The van der Waals surface area contributed by atoms with Crippen molar-refractivity contribution in [3.8, 4) is 0 Å². The van der Waals surface area contributed by atoms with Gasteiger partial charge in [-0.25, -0.2) is 8.78 Å². The van der Waals surface area contributed by atoms with Crippen molar-refractivity contribution < 1.29 is 18.6 Å². The Morgan fingerprint density at radius 3 is 2.78 bits per heavy atom. The zero-order chi connectivity index (χ0) is 13.3. The molecule has 1 aliphatic rings. The molecule has 1 heterocycles. The van der Waals surface area contributed by atoms with E-state index in [4.69, 9.17) is 4.74 Å². The molecule has 4 heteroatoms. The van der Waals surface area contributed by atoms with Gasteiger partial charge in [-0.3, -0.25) is 0 Å². The van der Waals surface area contributed by atoms with Crippen LogP contribution in [0.15, 0.2) is 18.2 Å². The summed E-state index contributed by atoms with van der Waals surface area (Å²) in [6.07, 6.45) is 0.452. The van der Waals surface area contributed by atoms with Gasteiger partial charge in [-0.15, -0.1) is 0 Å². The molecule has 0 spiro atoms. The van der Waals surface area contributed by atoms with E-state index in [1.54, 1.807) is 0 Å². The standard InChI is InChI=1S/C14H18F2O2/c1-9(2)12-8-14(17,6-7-18-12)10-4-3-5-11(15)13(10)16/h3-5,9,12,17H,6-8H2,1-2H3. The van der Waals surface area contributed by atoms with Crippen molar-refractivity contribution in [3.63, 3.8) is 0 Å². The fourth-order valence-electron chi connectivity index (χ4n) is 2.41. The van der Waals surface area contributed by atoms with Crippen LogP contribution in [0.25, 0.3) is 0 Å². The van der Waals surface area contributed by atoms with Crippen molar-refractivity contribution in [3.05, 3.63) is 35.4 Å². The predicted molar refractivity (Wildman–Crippen MR) is 64.1 cm³/mol. The highest BCUT2D eigenvalue weighted by Gasteiger charge is 2.39. The first-order chi connectivity index (χ1) is 8.44. The predicted octanol–water partition coefficient (Wildman–Crippen LogP) is 2.99. The first-order valence-corrected chi connectivity index (χ1v) is 6.22. The summed E-state index contributed by atoms with van der Waals surface area (Å²) in [7, 11) is 0. The van der Waals surface area contributed by atoms with Gasteiger partial charge in [-0.2, -0.15) is 0 Å². The maximum atomic E-state index is 13.8. The molecule has 1 fully saturated rings. The van der Waals surface area contributed by atoms with Crippen LogP contribution in [-0.2, 0) is 10.3 Å². The SMILES string of the molecule is CC(C)C1CC(O)(c2cccc(F)c2F)CCO1. The molecular weight excluding hydrogens is 238 g/mol. The molecule has 0 amide bonds. The largest absolute Gasteiger partial charge is 0.385 e. The van der Waals surface area contributed by atoms with Crippen LogP contribution in [0, 0.1) is 17.6 Å². The fourth-order valence-corrected chi connectivity index (χ4v) is 2.41. The van der Waals surface area contributed by atoms with Crippen molar-refractivity contribution in [1.29, 1.82) is 0 Å². The smallest absolute Gasteiger partial charge is 0.164 e. The first kappa shape index (κ1) is 13.4. The van der Waals surface area contributed by atoms with E-state index in [0.29, 0.717) is 13.0 Å². The van der Waals surface area contributed by atoms with E-state index >= 15 is 0 Å². The second-order valence-electron chi connectivity index (χ2n) is 5.24. The van der Waals surface area contributed by atoms with E-state index in [2.05, 4.69) is 0 Å². The van der Waals surface area contributed by atoms with Gasteiger partial charge in [0.05, 0.1) is 18.3 Å². The highest BCUT2D eigenvalue weighted by molar-refractivity contribution is 5.26. The Kier molecular flexibility index (Phi) is 3.69. The van der Waals surface area contributed by atoms with Gasteiger partial charge in [0.15, 0.2) is 11.6 Å². The molecule has 1 aromatic rings. The number of hydrogen-bond donors (Lipinski definition) is 1. The molecule has 0 saturated carbocycles. The van der Waals surface area contributed by atoms with Crippen molar-refractivity contribution in [2.75, 3.05) is 6.61 Å². The maximum Gasteiger partial charge on any atom is 0.164 e. The molecule has 100 valence electrons. The average molecular weight is 256 g/mol. The van der Waals surface area contributed by atoms with Crippen molar-refractivity contribution in [1.82, 2.24) is 0 Å². The molecule has 2 rings (SSSR count). The number of halogens is 2. The lowest BCUT2D eigenvalue weighted by molar-refractivity contribution is -0.122. The second kappa shape index (κ2) is 4.94. The molecule has 1 aliphatic heterocycles. The zero-order valence-electron chi connectivity index (χ0n) is 10.6. The minimum atomic E-state index is -1.33. The third kappa shape index (κ3) is 2.40. The molecule has 18 heavy (non-hydrogen) atoms. The summed E-state index contributed by atoms with van der Waals surface area (Å²) in [5, 5.41) is 10.6. The molecule has 1 saturated heterocycles. The van der Waals surface area contributed by atoms with Gasteiger partial charge in [0.1, 0.15) is 0 Å². The minimum absolute atomic E-state index is 0.0384. The quantitative estimate of drug-likeness (QED) is 0.881. The Bertz CT molecular complexity index is 434. The normalized spacial score (nSPS) is 28.7. The molecule has 0 aliphatic carbocycles. The van der Waals surface area contributed by atoms with Crippen molar-refractivity contribution in [2.24, 2.45) is 5.92 Å². The third-order valence-corrected chi connectivity index (χ3v) is 3.58. The van der Waals surface area contributed by atoms with E-state index < -0.39 is 17.2 Å². The van der Waals surface area contributed by atoms with Gasteiger partial charge in [-0.1, -0.05) is 26.0 Å². The number of ether oxygens (including phenoxy) is 1. The van der Waals surface area contributed by atoms with E-state index in [1.807, 2.05) is 13.8 Å². The molecule has 2 unspecified atom stereocenters. The van der Waals surface area contributed by atoms with Crippen LogP contribution in [0.1, 0.15) is 32.3 Å². The molecule has 2 nitrogen and oxygen atoms in total. The highest BCUT2D eigenvalue weighted by Crippen LogP contribution is 2.38. The van der Waals surface area contributed by atoms with Crippen LogP contribution in [0.3, 0.4) is 0 Å². The van der Waals surface area contributed by atoms with Crippen molar-refractivity contribution >= 4 is 0 Å². The molecular formula is C14H18F2O2. The van der Waals surface area contributed by atoms with Crippen molar-refractivity contribution in [2.45, 2.75) is 38.4 Å². The summed E-state index contributed by atoms with van der Waals surface area (Å²) in [5.74, 6) is -1.65. The fraction of sp³-hybridized carbons (Fsp3) is 0.571. The lowest BCUT2D eigenvalue weighted by Gasteiger charge is -2.39. The summed E-state index contributed by atoms with van der Waals surface area (Å²) in [4.78, 5) is 0. The van der Waals surface area contributed by atoms with Gasteiger partial charge >= 0.3 is 0 Å². The zero-order valence-corrected chi connectivity index (χ0v) is 10.6. The van der Waals surface area contributed by atoms with Crippen LogP contribution < -0.4 is 0 Å². The lowest BCUT2D eigenvalue weighted by Crippen LogP contribution is -2.41. The molecule has 0 bridgehead atoms. The number of hydrogen-bond acceptors (Lipinski definition) is 2. The Balaban J connectivity index is 2.33. The van der Waals surface area contributed by atoms with Crippen LogP contribution in [-0.4, -0.2) is 17.8 Å². The number of benzene rings is 1. The van der Waals surface area contributed by atoms with Gasteiger partial charge in [-0.05, 0) is 12.0 Å². The monoisotopic (exact) mass is 256 g/mol. The van der Waals surface area contributed by atoms with Crippen LogP contribution in [0.5, 0.6) is 0 Å². The van der Waals surface area contributed by atoms with Gasteiger partial charge in [0, 0.05) is 18.4 Å². The van der Waals surface area contributed by atoms with Gasteiger partial charge in [0.2, 0.25) is 0 Å². The Morgan fingerprint density at radius 2 is 2.11 bits per heavy atom. The van der Waals surface area contributed by atoms with Gasteiger partial charge in [0.25, 0.3) is 0 Å². The minimum Gasteiger partial charge on any atom is -0.385 e. The number of rotatable bonds is 2. The molecule has 2 atom stereocenters. The molecule has 0 aromatic heterocycles. The van der Waals surface area contributed by atoms with Crippen LogP contribution in [0.2, 0.25) is 0 Å². The summed E-state index contributed by atoms with van der Waals surface area (Å²) in [6, 6.07) is 3.92. The summed E-state index contributed by atoms with van der Waals surface area (Å²) >= 11 is 0. The lowest BCUT2D eigenvalue weighted by atomic mass is 9.81. The average Bonchev–Trinajstić information content (AvgIpc) is 2.32. The molecule has 0 radical (unpaired) electrons. The maximum absolute atomic E-state index is 13.8. The van der Waals surface area contributed by atoms with Crippen LogP contribution in [0.4, 0.5) is 8.78 Å². The third-order valence-electron chi connectivity index (χ3n) is 3.58. The second-order valence-corrected chi connectivity index (χ2v) is 5.24. The Morgan fingerprint density at radius 1 is 1.39 bits per heavy atom. The van der Waals surface area contributed by atoms with E-state index in [9.17, 15) is 13.9 Å².